The molecule has 1 N–H and O–H groups in total. The van der Waals surface area contributed by atoms with Crippen LogP contribution in [0.2, 0.25) is 0 Å². The Kier molecular flexibility index (Phi) is 3.69. The Hall–Kier alpha value is -2.61. The Bertz CT molecular complexity index is 684. The lowest BCUT2D eigenvalue weighted by Crippen LogP contribution is -2.36. The average molecular weight is 301 g/mol. The molecule has 2 heterocycles. The fourth-order valence-electron chi connectivity index (χ4n) is 1.88. The van der Waals surface area contributed by atoms with Crippen LogP contribution in [-0.4, -0.2) is 27.7 Å². The zero-order valence-electron chi connectivity index (χ0n) is 10.9. The van der Waals surface area contributed by atoms with Crippen molar-refractivity contribution in [1.29, 1.82) is 0 Å². The maximum Gasteiger partial charge on any atom is 0.273 e. The Labute approximate surface area is 124 Å². The van der Waals surface area contributed by atoms with E-state index in [1.54, 1.807) is 12.1 Å². The third kappa shape index (κ3) is 2.95. The summed E-state index contributed by atoms with van der Waals surface area (Å²) in [5, 5.41) is 15.8. The first-order valence-corrected chi connectivity index (χ1v) is 7.15. The summed E-state index contributed by atoms with van der Waals surface area (Å²) in [4.78, 5) is 24.1. The molecule has 0 saturated heterocycles. The second-order valence-electron chi connectivity index (χ2n) is 4.29. The van der Waals surface area contributed by atoms with Gasteiger partial charge in [-0.3, -0.25) is 14.9 Å². The molecule has 7 nitrogen and oxygen atoms in total. The number of anilines is 2. The van der Waals surface area contributed by atoms with Crippen molar-refractivity contribution in [3.8, 4) is 0 Å². The Morgan fingerprint density at radius 1 is 1.24 bits per heavy atom. The van der Waals surface area contributed by atoms with Crippen molar-refractivity contribution >= 4 is 39.7 Å². The maximum atomic E-state index is 12.1. The van der Waals surface area contributed by atoms with Crippen LogP contribution in [0, 0.1) is 0 Å². The molecule has 0 saturated carbocycles. The SMILES string of the molecule is O=C(Nc1nncs1)C1=NN(c2ccccc2)C(=O)CC1. The molecule has 2 aromatic rings. The van der Waals surface area contributed by atoms with Gasteiger partial charge in [-0.05, 0) is 12.1 Å². The van der Waals surface area contributed by atoms with E-state index < -0.39 is 0 Å². The normalized spacial score (nSPS) is 14.8. The predicted molar refractivity (Wildman–Crippen MR) is 79.1 cm³/mol. The number of hydrogen-bond donors (Lipinski definition) is 1. The van der Waals surface area contributed by atoms with E-state index in [0.29, 0.717) is 23.0 Å². The number of aromatic nitrogens is 2. The van der Waals surface area contributed by atoms with Crippen LogP contribution in [0.15, 0.2) is 40.9 Å². The van der Waals surface area contributed by atoms with Gasteiger partial charge in [-0.15, -0.1) is 10.2 Å². The van der Waals surface area contributed by atoms with Crippen molar-refractivity contribution in [3.05, 3.63) is 35.8 Å². The molecule has 1 aromatic heterocycles. The summed E-state index contributed by atoms with van der Waals surface area (Å²) in [5.74, 6) is -0.492. The molecule has 0 bridgehead atoms. The topological polar surface area (TPSA) is 87.6 Å². The van der Waals surface area contributed by atoms with Crippen LogP contribution in [0.3, 0.4) is 0 Å². The van der Waals surface area contributed by atoms with E-state index in [2.05, 4.69) is 20.6 Å². The van der Waals surface area contributed by atoms with E-state index in [9.17, 15) is 9.59 Å². The number of carbonyl (C=O) groups excluding carboxylic acids is 2. The summed E-state index contributed by atoms with van der Waals surface area (Å²) in [6.45, 7) is 0. The molecule has 1 aliphatic rings. The van der Waals surface area contributed by atoms with Gasteiger partial charge in [0.15, 0.2) is 0 Å². The standard InChI is InChI=1S/C13H11N5O2S/c19-11-7-6-10(12(20)15-13-16-14-8-21-13)17-18(11)9-4-2-1-3-5-9/h1-5,8H,6-7H2,(H,15,16,20). The van der Waals surface area contributed by atoms with Gasteiger partial charge in [0.2, 0.25) is 11.0 Å². The molecular formula is C13H11N5O2S. The van der Waals surface area contributed by atoms with E-state index in [4.69, 9.17) is 0 Å². The monoisotopic (exact) mass is 301 g/mol. The van der Waals surface area contributed by atoms with E-state index in [-0.39, 0.29) is 18.2 Å². The van der Waals surface area contributed by atoms with Crippen LogP contribution >= 0.6 is 11.3 Å². The highest BCUT2D eigenvalue weighted by Crippen LogP contribution is 2.20. The molecule has 3 rings (SSSR count). The van der Waals surface area contributed by atoms with Crippen molar-refractivity contribution in [3.63, 3.8) is 0 Å². The van der Waals surface area contributed by atoms with E-state index in [1.165, 1.54) is 21.9 Å². The van der Waals surface area contributed by atoms with Crippen molar-refractivity contribution in [2.24, 2.45) is 5.10 Å². The third-order valence-corrected chi connectivity index (χ3v) is 3.48. The van der Waals surface area contributed by atoms with Gasteiger partial charge in [0.1, 0.15) is 11.2 Å². The molecule has 0 spiro atoms. The maximum absolute atomic E-state index is 12.1. The van der Waals surface area contributed by atoms with Crippen molar-refractivity contribution in [2.45, 2.75) is 12.8 Å². The van der Waals surface area contributed by atoms with E-state index in [1.807, 2.05) is 18.2 Å². The molecule has 0 unspecified atom stereocenters. The fraction of sp³-hybridized carbons (Fsp3) is 0.154. The summed E-state index contributed by atoms with van der Waals surface area (Å²) >= 11 is 1.22. The number of benzene rings is 1. The summed E-state index contributed by atoms with van der Waals surface area (Å²) < 4.78 is 0. The van der Waals surface area contributed by atoms with E-state index >= 15 is 0 Å². The molecule has 0 aliphatic carbocycles. The van der Waals surface area contributed by atoms with Crippen LogP contribution in [-0.2, 0) is 9.59 Å². The number of hydrogen-bond acceptors (Lipinski definition) is 6. The second kappa shape index (κ2) is 5.80. The molecule has 0 radical (unpaired) electrons. The third-order valence-electron chi connectivity index (χ3n) is 2.88. The minimum Gasteiger partial charge on any atom is -0.295 e. The van der Waals surface area contributed by atoms with Crippen LogP contribution in [0.1, 0.15) is 12.8 Å². The molecule has 8 heteroatoms. The molecule has 106 valence electrons. The lowest BCUT2D eigenvalue weighted by atomic mass is 10.1. The highest BCUT2D eigenvalue weighted by atomic mass is 32.1. The lowest BCUT2D eigenvalue weighted by Gasteiger charge is -2.22. The molecule has 1 aromatic carbocycles. The fourth-order valence-corrected chi connectivity index (χ4v) is 2.32. The van der Waals surface area contributed by atoms with Crippen molar-refractivity contribution in [2.75, 3.05) is 10.3 Å². The van der Waals surface area contributed by atoms with Gasteiger partial charge in [-0.1, -0.05) is 29.5 Å². The summed E-state index contributed by atoms with van der Waals surface area (Å²) in [5.41, 5.74) is 2.47. The quantitative estimate of drug-likeness (QED) is 0.934. The minimum absolute atomic E-state index is 0.131. The van der Waals surface area contributed by atoms with Gasteiger partial charge in [-0.2, -0.15) is 5.10 Å². The van der Waals surface area contributed by atoms with Crippen LogP contribution in [0.4, 0.5) is 10.8 Å². The lowest BCUT2D eigenvalue weighted by molar-refractivity contribution is -0.118. The van der Waals surface area contributed by atoms with E-state index in [0.717, 1.165) is 0 Å². The van der Waals surface area contributed by atoms with Crippen LogP contribution in [0.5, 0.6) is 0 Å². The molecule has 0 atom stereocenters. The number of carbonyl (C=O) groups is 2. The minimum atomic E-state index is -0.361. The number of nitrogens with one attached hydrogen (secondary N) is 1. The molecule has 1 aliphatic heterocycles. The first-order valence-electron chi connectivity index (χ1n) is 6.27. The molecule has 21 heavy (non-hydrogen) atoms. The van der Waals surface area contributed by atoms with Gasteiger partial charge in [0.05, 0.1) is 5.69 Å². The number of para-hydroxylation sites is 1. The summed E-state index contributed by atoms with van der Waals surface area (Å²) in [6.07, 6.45) is 0.560. The summed E-state index contributed by atoms with van der Waals surface area (Å²) in [6, 6.07) is 9.02. The number of hydrazone groups is 1. The summed E-state index contributed by atoms with van der Waals surface area (Å²) in [7, 11) is 0. The molecule has 2 amide bonds. The number of nitrogens with zero attached hydrogens (tertiary/aromatic N) is 4. The predicted octanol–water partition coefficient (Wildman–Crippen LogP) is 1.66. The first kappa shape index (κ1) is 13.4. The average Bonchev–Trinajstić information content (AvgIpc) is 3.01. The van der Waals surface area contributed by atoms with Crippen molar-refractivity contribution in [1.82, 2.24) is 10.2 Å². The molecule has 0 fully saturated rings. The number of rotatable bonds is 3. The van der Waals surface area contributed by atoms with Gasteiger partial charge in [0, 0.05) is 12.8 Å². The first-order chi connectivity index (χ1) is 10.2. The highest BCUT2D eigenvalue weighted by Gasteiger charge is 2.25. The zero-order valence-corrected chi connectivity index (χ0v) is 11.7. The zero-order chi connectivity index (χ0) is 14.7. The second-order valence-corrected chi connectivity index (χ2v) is 5.12. The molecular weight excluding hydrogens is 290 g/mol. The van der Waals surface area contributed by atoms with Gasteiger partial charge < -0.3 is 0 Å². The van der Waals surface area contributed by atoms with Crippen LogP contribution in [0.25, 0.3) is 0 Å². The Morgan fingerprint density at radius 2 is 2.05 bits per heavy atom. The van der Waals surface area contributed by atoms with Crippen LogP contribution < -0.4 is 10.3 Å². The van der Waals surface area contributed by atoms with Gasteiger partial charge in [0.25, 0.3) is 5.91 Å². The Balaban J connectivity index is 1.82. The Morgan fingerprint density at radius 3 is 2.76 bits per heavy atom. The number of amides is 2. The van der Waals surface area contributed by atoms with Gasteiger partial charge in [-0.25, -0.2) is 5.01 Å². The smallest absolute Gasteiger partial charge is 0.273 e. The van der Waals surface area contributed by atoms with Crippen molar-refractivity contribution < 1.29 is 9.59 Å². The largest absolute Gasteiger partial charge is 0.295 e. The van der Waals surface area contributed by atoms with Gasteiger partial charge >= 0.3 is 0 Å². The highest BCUT2D eigenvalue weighted by molar-refractivity contribution is 7.13.